The molecule has 1 heterocycles. The standard InChI is InChI=1S/C8H5N5O4/c9-2-4-3(7(14)12-16)1-5(8(15)13-17)11-6(4)10/h1-2,9H,(H2,10,11). The van der Waals surface area contributed by atoms with E-state index in [1.165, 1.54) is 0 Å². The third-order valence-electron chi connectivity index (χ3n) is 1.85. The molecule has 0 bridgehead atoms. The van der Waals surface area contributed by atoms with Crippen LogP contribution in [-0.2, 0) is 0 Å². The van der Waals surface area contributed by atoms with E-state index < -0.39 is 17.5 Å². The number of hydrogen-bond donors (Lipinski definition) is 2. The smallest absolute Gasteiger partial charge is 0.335 e. The highest BCUT2D eigenvalue weighted by Gasteiger charge is 2.19. The molecule has 0 saturated carbocycles. The van der Waals surface area contributed by atoms with E-state index in [4.69, 9.17) is 11.1 Å². The number of rotatable bonds is 3. The van der Waals surface area contributed by atoms with Crippen molar-refractivity contribution >= 4 is 23.8 Å². The van der Waals surface area contributed by atoms with Crippen molar-refractivity contribution in [2.24, 2.45) is 10.4 Å². The molecule has 9 heteroatoms. The van der Waals surface area contributed by atoms with Gasteiger partial charge in [-0.25, -0.2) is 4.98 Å². The number of carbonyl (C=O) groups is 2. The number of carbonyl (C=O) groups excluding carboxylic acids is 2. The largest absolute Gasteiger partial charge is 0.383 e. The van der Waals surface area contributed by atoms with E-state index in [0.717, 1.165) is 6.07 Å². The van der Waals surface area contributed by atoms with E-state index in [9.17, 15) is 19.4 Å². The summed E-state index contributed by atoms with van der Waals surface area (Å²) in [6, 6.07) is 0.837. The van der Waals surface area contributed by atoms with Gasteiger partial charge in [0.25, 0.3) is 0 Å². The second-order valence-electron chi connectivity index (χ2n) is 2.79. The first-order valence-electron chi connectivity index (χ1n) is 4.11. The minimum Gasteiger partial charge on any atom is -0.383 e. The maximum absolute atomic E-state index is 11.1. The Morgan fingerprint density at radius 1 is 1.29 bits per heavy atom. The molecule has 0 aliphatic heterocycles. The van der Waals surface area contributed by atoms with Crippen LogP contribution in [0.1, 0.15) is 26.4 Å². The molecule has 0 saturated heterocycles. The molecule has 0 spiro atoms. The Labute approximate surface area is 93.5 Å². The summed E-state index contributed by atoms with van der Waals surface area (Å²) >= 11 is 0. The minimum absolute atomic E-state index is 0.156. The number of nitrogens with two attached hydrogens (primary N) is 1. The molecule has 3 N–H and O–H groups in total. The van der Waals surface area contributed by atoms with Gasteiger partial charge >= 0.3 is 11.8 Å². The Morgan fingerprint density at radius 3 is 2.35 bits per heavy atom. The highest BCUT2D eigenvalue weighted by Crippen LogP contribution is 2.16. The third-order valence-corrected chi connectivity index (χ3v) is 1.85. The van der Waals surface area contributed by atoms with Crippen molar-refractivity contribution in [1.82, 2.24) is 4.98 Å². The second-order valence-corrected chi connectivity index (χ2v) is 2.79. The lowest BCUT2D eigenvalue weighted by Crippen LogP contribution is -2.10. The third kappa shape index (κ3) is 2.22. The molecular weight excluding hydrogens is 230 g/mol. The summed E-state index contributed by atoms with van der Waals surface area (Å²) in [6.07, 6.45) is 0.684. The molecule has 0 aliphatic carbocycles. The van der Waals surface area contributed by atoms with Gasteiger partial charge in [-0.2, -0.15) is 0 Å². The fraction of sp³-hybridized carbons (Fsp3) is 0. The summed E-state index contributed by atoms with van der Waals surface area (Å²) in [5.41, 5.74) is 4.34. The molecule has 17 heavy (non-hydrogen) atoms. The van der Waals surface area contributed by atoms with E-state index in [2.05, 4.69) is 15.3 Å². The monoisotopic (exact) mass is 235 g/mol. The fourth-order valence-electron chi connectivity index (χ4n) is 1.11. The first-order chi connectivity index (χ1) is 8.04. The van der Waals surface area contributed by atoms with Crippen LogP contribution in [0.5, 0.6) is 0 Å². The SMILES string of the molecule is N=Cc1c(C(=O)N=O)cc(C(=O)N=O)nc1N. The van der Waals surface area contributed by atoms with Crippen LogP contribution in [0.4, 0.5) is 5.82 Å². The normalized spacial score (nSPS) is 9.41. The summed E-state index contributed by atoms with van der Waals surface area (Å²) in [5.74, 6) is -2.81. The summed E-state index contributed by atoms with van der Waals surface area (Å²) < 4.78 is 0. The van der Waals surface area contributed by atoms with E-state index in [-0.39, 0.29) is 16.9 Å². The highest BCUT2D eigenvalue weighted by atomic mass is 16.3. The number of pyridine rings is 1. The Balaban J connectivity index is 3.54. The Bertz CT molecular complexity index is 539. The molecule has 1 aromatic heterocycles. The molecule has 0 aliphatic rings. The van der Waals surface area contributed by atoms with Crippen LogP contribution in [0.2, 0.25) is 0 Å². The number of anilines is 1. The fourth-order valence-corrected chi connectivity index (χ4v) is 1.11. The molecular formula is C8H5N5O4. The van der Waals surface area contributed by atoms with Gasteiger partial charge in [0.05, 0.1) is 5.56 Å². The van der Waals surface area contributed by atoms with Gasteiger partial charge in [-0.15, -0.1) is 9.81 Å². The van der Waals surface area contributed by atoms with E-state index in [1.807, 2.05) is 0 Å². The minimum atomic E-state index is -1.24. The van der Waals surface area contributed by atoms with Crippen molar-refractivity contribution in [3.8, 4) is 0 Å². The molecule has 0 atom stereocenters. The number of nitrogen functional groups attached to an aromatic ring is 1. The van der Waals surface area contributed by atoms with Crippen LogP contribution in [0.15, 0.2) is 16.4 Å². The maximum atomic E-state index is 11.1. The first-order valence-corrected chi connectivity index (χ1v) is 4.11. The second kappa shape index (κ2) is 4.79. The molecule has 2 amide bonds. The van der Waals surface area contributed by atoms with Crippen molar-refractivity contribution in [1.29, 1.82) is 5.41 Å². The van der Waals surface area contributed by atoms with Gasteiger partial charge in [-0.1, -0.05) is 0 Å². The van der Waals surface area contributed by atoms with Crippen LogP contribution in [0.3, 0.4) is 0 Å². The first kappa shape index (κ1) is 12.2. The highest BCUT2D eigenvalue weighted by molar-refractivity contribution is 6.06. The maximum Gasteiger partial charge on any atom is 0.335 e. The van der Waals surface area contributed by atoms with Crippen LogP contribution in [-0.4, -0.2) is 23.0 Å². The van der Waals surface area contributed by atoms with Crippen LogP contribution < -0.4 is 5.73 Å². The molecule has 0 aromatic carbocycles. The lowest BCUT2D eigenvalue weighted by molar-refractivity contribution is 0.0996. The molecule has 1 aromatic rings. The number of amides is 2. The van der Waals surface area contributed by atoms with E-state index in [0.29, 0.717) is 6.21 Å². The van der Waals surface area contributed by atoms with Crippen LogP contribution >= 0.6 is 0 Å². The summed E-state index contributed by atoms with van der Waals surface area (Å²) in [6.45, 7) is 0. The van der Waals surface area contributed by atoms with Gasteiger partial charge in [0.15, 0.2) is 0 Å². The van der Waals surface area contributed by atoms with Gasteiger partial charge in [-0.3, -0.25) is 9.59 Å². The Hall–Kier alpha value is -2.84. The average Bonchev–Trinajstić information content (AvgIpc) is 2.35. The van der Waals surface area contributed by atoms with Crippen molar-refractivity contribution in [2.45, 2.75) is 0 Å². The zero-order chi connectivity index (χ0) is 13.0. The van der Waals surface area contributed by atoms with Gasteiger partial charge < -0.3 is 11.1 Å². The van der Waals surface area contributed by atoms with Crippen LogP contribution in [0.25, 0.3) is 0 Å². The lowest BCUT2D eigenvalue weighted by Gasteiger charge is -2.04. The average molecular weight is 235 g/mol. The zero-order valence-electron chi connectivity index (χ0n) is 8.21. The van der Waals surface area contributed by atoms with Gasteiger partial charge in [-0.05, 0) is 6.07 Å². The van der Waals surface area contributed by atoms with Gasteiger partial charge in [0.1, 0.15) is 11.5 Å². The lowest BCUT2D eigenvalue weighted by atomic mass is 10.1. The topological polar surface area (TPSA) is 156 Å². The summed E-state index contributed by atoms with van der Waals surface area (Å²) in [5, 5.41) is 11.2. The molecule has 0 fully saturated rings. The van der Waals surface area contributed by atoms with Crippen LogP contribution in [0, 0.1) is 15.2 Å². The number of hydrogen-bond acceptors (Lipinski definition) is 7. The number of nitrogens with zero attached hydrogens (tertiary/aromatic N) is 3. The molecule has 0 unspecified atom stereocenters. The zero-order valence-corrected chi connectivity index (χ0v) is 8.21. The van der Waals surface area contributed by atoms with Gasteiger partial charge in [0.2, 0.25) is 0 Å². The van der Waals surface area contributed by atoms with Crippen molar-refractivity contribution in [2.75, 3.05) is 5.73 Å². The van der Waals surface area contributed by atoms with E-state index in [1.54, 1.807) is 0 Å². The Kier molecular flexibility index (Phi) is 3.44. The molecule has 1 rings (SSSR count). The molecule has 9 nitrogen and oxygen atoms in total. The summed E-state index contributed by atoms with van der Waals surface area (Å²) in [4.78, 5) is 45.7. The van der Waals surface area contributed by atoms with Gasteiger partial charge in [0, 0.05) is 22.1 Å². The number of nitroso groups, excluding NO2 is 2. The van der Waals surface area contributed by atoms with Crippen molar-refractivity contribution in [3.05, 3.63) is 32.7 Å². The Morgan fingerprint density at radius 2 is 1.88 bits per heavy atom. The predicted molar refractivity (Wildman–Crippen MR) is 56.8 cm³/mol. The summed E-state index contributed by atoms with van der Waals surface area (Å²) in [7, 11) is 0. The number of nitrogens with one attached hydrogen (secondary N) is 1. The van der Waals surface area contributed by atoms with Crippen molar-refractivity contribution < 1.29 is 9.59 Å². The molecule has 86 valence electrons. The predicted octanol–water partition coefficient (Wildman–Crippen LogP) is 0.475. The molecule has 0 radical (unpaired) electrons. The number of aromatic nitrogens is 1. The quantitative estimate of drug-likeness (QED) is 0.572. The van der Waals surface area contributed by atoms with E-state index >= 15 is 0 Å². The van der Waals surface area contributed by atoms with Crippen molar-refractivity contribution in [3.63, 3.8) is 0 Å².